The molecule has 2 N–H and O–H groups in total. The lowest BCUT2D eigenvalue weighted by Crippen LogP contribution is -2.39. The van der Waals surface area contributed by atoms with E-state index in [1.54, 1.807) is 0 Å². The van der Waals surface area contributed by atoms with Gasteiger partial charge in [0, 0.05) is 13.1 Å². The highest BCUT2D eigenvalue weighted by Crippen LogP contribution is 2.21. The Morgan fingerprint density at radius 2 is 1.59 bits per heavy atom. The zero-order valence-corrected chi connectivity index (χ0v) is 21.5. The molecule has 0 saturated carbocycles. The molecule has 2 amide bonds. The molecule has 0 radical (unpaired) electrons. The molecule has 0 aliphatic carbocycles. The molecule has 2 aromatic rings. The van der Waals surface area contributed by atoms with Crippen molar-refractivity contribution in [2.75, 3.05) is 6.54 Å². The third kappa shape index (κ3) is 7.79. The molecule has 1 unspecified atom stereocenters. The van der Waals surface area contributed by atoms with Crippen molar-refractivity contribution in [2.45, 2.75) is 84.9 Å². The Kier molecular flexibility index (Phi) is 9.54. The molecule has 186 valence electrons. The predicted molar refractivity (Wildman–Crippen MR) is 136 cm³/mol. The lowest BCUT2D eigenvalue weighted by molar-refractivity contribution is -0.152. The average molecular weight is 469 g/mol. The number of urea groups is 1. The minimum atomic E-state index is -1.19. The molecule has 1 heterocycles. The molecule has 1 saturated heterocycles. The number of carboxylic acid groups (broad SMARTS) is 1. The highest BCUT2D eigenvalue weighted by atomic mass is 16.5. The topological polar surface area (TPSA) is 78.9 Å². The van der Waals surface area contributed by atoms with Gasteiger partial charge in [-0.1, -0.05) is 63.6 Å². The van der Waals surface area contributed by atoms with E-state index in [0.717, 1.165) is 32.2 Å². The normalized spacial score (nSPS) is 17.6. The van der Waals surface area contributed by atoms with Crippen molar-refractivity contribution in [3.8, 4) is 5.75 Å². The Morgan fingerprint density at radius 1 is 1.03 bits per heavy atom. The molecule has 0 bridgehead atoms. The summed E-state index contributed by atoms with van der Waals surface area (Å²) in [5.41, 5.74) is 2.51. The van der Waals surface area contributed by atoms with Crippen LogP contribution in [-0.2, 0) is 24.2 Å². The van der Waals surface area contributed by atoms with E-state index in [0.29, 0.717) is 12.3 Å². The van der Waals surface area contributed by atoms with Gasteiger partial charge in [0.15, 0.2) is 5.60 Å². The lowest BCUT2D eigenvalue weighted by atomic mass is 10.0. The minimum absolute atomic E-state index is 0.0546. The zero-order chi connectivity index (χ0) is 25.4. The van der Waals surface area contributed by atoms with Crippen molar-refractivity contribution >= 4 is 12.0 Å². The van der Waals surface area contributed by atoms with Crippen LogP contribution in [0.25, 0.3) is 0 Å². The fraction of sp³-hybridized carbons (Fsp3) is 0.500. The number of carbonyl (C=O) groups is 2. The highest BCUT2D eigenvalue weighted by Gasteiger charge is 2.36. The van der Waals surface area contributed by atoms with E-state index >= 15 is 0 Å². The molecule has 0 aromatic heterocycles. The number of nitrogens with zero attached hydrogens (tertiary/aromatic N) is 1. The summed E-state index contributed by atoms with van der Waals surface area (Å²) < 4.78 is 5.40. The number of hydrogen-bond donors (Lipinski definition) is 2. The Labute approximate surface area is 204 Å². The van der Waals surface area contributed by atoms with Crippen LogP contribution in [0, 0.1) is 0 Å². The Bertz CT molecular complexity index is 938. The second-order valence-electron chi connectivity index (χ2n) is 9.68. The maximum absolute atomic E-state index is 11.9. The van der Waals surface area contributed by atoms with Crippen LogP contribution in [-0.4, -0.2) is 39.7 Å². The Hall–Kier alpha value is -3.02. The van der Waals surface area contributed by atoms with E-state index in [9.17, 15) is 9.59 Å². The first kappa shape index (κ1) is 27.2. The molecule has 6 heteroatoms. The fourth-order valence-electron chi connectivity index (χ4n) is 3.65. The van der Waals surface area contributed by atoms with Gasteiger partial charge in [0.05, 0.1) is 5.54 Å². The van der Waals surface area contributed by atoms with Crippen molar-refractivity contribution in [2.24, 2.45) is 0 Å². The van der Waals surface area contributed by atoms with Crippen LogP contribution in [0.2, 0.25) is 0 Å². The maximum Gasteiger partial charge on any atom is 0.347 e. The summed E-state index contributed by atoms with van der Waals surface area (Å²) in [6.45, 7) is 13.0. The number of hydrogen-bond acceptors (Lipinski definition) is 3. The molecule has 3 rings (SSSR count). The molecule has 2 aromatic carbocycles. The van der Waals surface area contributed by atoms with Gasteiger partial charge in [0.1, 0.15) is 5.75 Å². The first-order chi connectivity index (χ1) is 16.0. The standard InChI is InChI=1S/C15H22N2O.C13H18O3/c1-4-12-6-8-13(9-7-12)10-17-11-15(3,5-2)16-14(17)18;1-4-5-10-6-8-11(9-7-10)16-13(2,3)12(14)15/h6-9H,4-5,10-11H2,1-3H3,(H,16,18);6-9H,4-5H2,1-3H3,(H,14,15). The number of nitrogens with one attached hydrogen (secondary N) is 1. The summed E-state index contributed by atoms with van der Waals surface area (Å²) in [6.07, 6.45) is 4.14. The molecule has 6 nitrogen and oxygen atoms in total. The molecular weight excluding hydrogens is 428 g/mol. The number of aryl methyl sites for hydroxylation is 2. The first-order valence-corrected chi connectivity index (χ1v) is 12.2. The third-order valence-corrected chi connectivity index (χ3v) is 6.17. The second-order valence-corrected chi connectivity index (χ2v) is 9.68. The summed E-state index contributed by atoms with van der Waals surface area (Å²) in [7, 11) is 0. The van der Waals surface area contributed by atoms with E-state index in [1.165, 1.54) is 30.5 Å². The SMILES string of the molecule is CCCc1ccc(OC(C)(C)C(=O)O)cc1.CCc1ccc(CN2CC(C)(CC)NC2=O)cc1. The summed E-state index contributed by atoms with van der Waals surface area (Å²) in [4.78, 5) is 24.7. The van der Waals surface area contributed by atoms with Crippen molar-refractivity contribution < 1.29 is 19.4 Å². The van der Waals surface area contributed by atoms with Gasteiger partial charge in [-0.3, -0.25) is 0 Å². The number of aliphatic carboxylic acids is 1. The van der Waals surface area contributed by atoms with Crippen molar-refractivity contribution in [1.29, 1.82) is 0 Å². The molecule has 1 fully saturated rings. The number of rotatable bonds is 9. The van der Waals surface area contributed by atoms with Crippen LogP contribution >= 0.6 is 0 Å². The van der Waals surface area contributed by atoms with Crippen LogP contribution in [0.15, 0.2) is 48.5 Å². The van der Waals surface area contributed by atoms with E-state index in [-0.39, 0.29) is 11.6 Å². The molecule has 1 aliphatic heterocycles. The van der Waals surface area contributed by atoms with Gasteiger partial charge >= 0.3 is 12.0 Å². The summed E-state index contributed by atoms with van der Waals surface area (Å²) >= 11 is 0. The van der Waals surface area contributed by atoms with Gasteiger partial charge < -0.3 is 20.1 Å². The zero-order valence-electron chi connectivity index (χ0n) is 21.5. The number of benzene rings is 2. The van der Waals surface area contributed by atoms with Crippen molar-refractivity contribution in [3.63, 3.8) is 0 Å². The van der Waals surface area contributed by atoms with Gasteiger partial charge in [-0.05, 0) is 68.9 Å². The monoisotopic (exact) mass is 468 g/mol. The highest BCUT2D eigenvalue weighted by molar-refractivity contribution is 5.78. The van der Waals surface area contributed by atoms with Crippen molar-refractivity contribution in [3.05, 3.63) is 65.2 Å². The van der Waals surface area contributed by atoms with Crippen LogP contribution in [0.5, 0.6) is 5.75 Å². The molecule has 34 heavy (non-hydrogen) atoms. The van der Waals surface area contributed by atoms with Gasteiger partial charge in [0.25, 0.3) is 0 Å². The third-order valence-electron chi connectivity index (χ3n) is 6.17. The van der Waals surface area contributed by atoms with Gasteiger partial charge in [0.2, 0.25) is 0 Å². The Balaban J connectivity index is 0.000000242. The number of carboxylic acids is 1. The van der Waals surface area contributed by atoms with E-state index in [2.05, 4.69) is 57.3 Å². The summed E-state index contributed by atoms with van der Waals surface area (Å²) in [5.74, 6) is -0.377. The van der Waals surface area contributed by atoms with Gasteiger partial charge in [-0.25, -0.2) is 9.59 Å². The summed E-state index contributed by atoms with van der Waals surface area (Å²) in [5, 5.41) is 12.0. The van der Waals surface area contributed by atoms with Crippen LogP contribution < -0.4 is 10.1 Å². The number of amides is 2. The van der Waals surface area contributed by atoms with Crippen LogP contribution in [0.4, 0.5) is 4.79 Å². The van der Waals surface area contributed by atoms with Gasteiger partial charge in [-0.15, -0.1) is 0 Å². The molecule has 1 aliphatic rings. The van der Waals surface area contributed by atoms with E-state index < -0.39 is 11.6 Å². The molecular formula is C28H40N2O4. The number of carbonyl (C=O) groups excluding carboxylic acids is 1. The Morgan fingerprint density at radius 3 is 2.06 bits per heavy atom. The quantitative estimate of drug-likeness (QED) is 0.486. The fourth-order valence-corrected chi connectivity index (χ4v) is 3.65. The predicted octanol–water partition coefficient (Wildman–Crippen LogP) is 5.82. The summed E-state index contributed by atoms with van der Waals surface area (Å²) in [6, 6.07) is 16.1. The van der Waals surface area contributed by atoms with Crippen LogP contribution in [0.1, 0.15) is 71.1 Å². The first-order valence-electron chi connectivity index (χ1n) is 12.2. The lowest BCUT2D eigenvalue weighted by Gasteiger charge is -2.21. The van der Waals surface area contributed by atoms with E-state index in [1.807, 2.05) is 29.2 Å². The molecule has 0 spiro atoms. The second kappa shape index (κ2) is 11.9. The molecule has 1 atom stereocenters. The largest absolute Gasteiger partial charge is 0.478 e. The minimum Gasteiger partial charge on any atom is -0.478 e. The van der Waals surface area contributed by atoms with Crippen LogP contribution in [0.3, 0.4) is 0 Å². The van der Waals surface area contributed by atoms with Crippen molar-refractivity contribution in [1.82, 2.24) is 10.2 Å². The van der Waals surface area contributed by atoms with E-state index in [4.69, 9.17) is 9.84 Å². The van der Waals surface area contributed by atoms with Gasteiger partial charge in [-0.2, -0.15) is 0 Å². The smallest absolute Gasteiger partial charge is 0.347 e. The average Bonchev–Trinajstić information content (AvgIpc) is 3.09. The number of ether oxygens (including phenoxy) is 1. The maximum atomic E-state index is 11.9.